The molecule has 1 amide bonds. The van der Waals surface area contributed by atoms with E-state index in [1.165, 1.54) is 35.3 Å². The molecule has 0 saturated heterocycles. The van der Waals surface area contributed by atoms with Crippen LogP contribution in [0.2, 0.25) is 0 Å². The molecule has 0 bridgehead atoms. The van der Waals surface area contributed by atoms with Gasteiger partial charge in [-0.3, -0.25) is 14.2 Å². The molecule has 1 aliphatic heterocycles. The Morgan fingerprint density at radius 1 is 1.22 bits per heavy atom. The second kappa shape index (κ2) is 8.73. The van der Waals surface area contributed by atoms with E-state index in [1.807, 2.05) is 0 Å². The third kappa shape index (κ3) is 4.90. The van der Waals surface area contributed by atoms with E-state index in [-0.39, 0.29) is 17.0 Å². The molecule has 3 aromatic heterocycles. The van der Waals surface area contributed by atoms with Crippen molar-refractivity contribution in [1.82, 2.24) is 29.8 Å². The van der Waals surface area contributed by atoms with Crippen molar-refractivity contribution in [2.75, 3.05) is 6.61 Å². The van der Waals surface area contributed by atoms with Gasteiger partial charge in [-0.15, -0.1) is 0 Å². The summed E-state index contributed by atoms with van der Waals surface area (Å²) in [6.45, 7) is -0.996. The fourth-order valence-corrected chi connectivity index (χ4v) is 3.30. The minimum Gasteiger partial charge on any atom is -0.468 e. The lowest BCUT2D eigenvalue weighted by atomic mass is 10.1. The van der Waals surface area contributed by atoms with Crippen LogP contribution in [0.25, 0.3) is 11.4 Å². The van der Waals surface area contributed by atoms with Crippen molar-refractivity contribution < 1.29 is 22.7 Å². The summed E-state index contributed by atoms with van der Waals surface area (Å²) in [5.41, 5.74) is 0.735. The summed E-state index contributed by atoms with van der Waals surface area (Å²) >= 11 is 0. The number of nitrogens with one attached hydrogen (secondary N) is 1. The number of aromatic nitrogens is 5. The first-order valence-corrected chi connectivity index (χ1v) is 9.65. The number of ether oxygens (including phenoxy) is 1. The molecule has 0 saturated carbocycles. The van der Waals surface area contributed by atoms with E-state index >= 15 is 0 Å². The molecule has 9 nitrogen and oxygen atoms in total. The minimum atomic E-state index is -4.48. The van der Waals surface area contributed by atoms with Gasteiger partial charge in [0.15, 0.2) is 6.61 Å². The molecule has 32 heavy (non-hydrogen) atoms. The summed E-state index contributed by atoms with van der Waals surface area (Å²) in [6.07, 6.45) is 0.752. The van der Waals surface area contributed by atoms with Crippen LogP contribution in [0.15, 0.2) is 47.8 Å². The molecule has 1 unspecified atom stereocenters. The Hall–Kier alpha value is -3.83. The number of carbonyl (C=O) groups excluding carboxylic acids is 1. The van der Waals surface area contributed by atoms with Crippen LogP contribution >= 0.6 is 0 Å². The minimum absolute atomic E-state index is 0.135. The van der Waals surface area contributed by atoms with Crippen molar-refractivity contribution in [2.45, 2.75) is 31.6 Å². The second-order valence-corrected chi connectivity index (χ2v) is 7.04. The van der Waals surface area contributed by atoms with E-state index in [0.29, 0.717) is 36.6 Å². The summed E-state index contributed by atoms with van der Waals surface area (Å²) in [4.78, 5) is 41.5. The van der Waals surface area contributed by atoms with Crippen LogP contribution in [0.3, 0.4) is 0 Å². The quantitative estimate of drug-likeness (QED) is 0.640. The number of carbonyl (C=O) groups is 1. The standard InChI is InChI=1S/C20H17F3N6O3/c21-20(22,23)10-32-16-4-3-12(9-25-16)19(31)28-14-2-1-7-29-17(30)8-15(27-18(14)29)13-5-6-24-11-26-13/h3-6,8-9,11,14H,1-2,7,10H2,(H,28,31). The average Bonchev–Trinajstić information content (AvgIpc) is 2.78. The van der Waals surface area contributed by atoms with Gasteiger partial charge in [-0.2, -0.15) is 13.2 Å². The lowest BCUT2D eigenvalue weighted by molar-refractivity contribution is -0.154. The van der Waals surface area contributed by atoms with Crippen LogP contribution < -0.4 is 15.6 Å². The summed E-state index contributed by atoms with van der Waals surface area (Å²) in [7, 11) is 0. The Labute approximate surface area is 179 Å². The van der Waals surface area contributed by atoms with E-state index in [4.69, 9.17) is 0 Å². The van der Waals surface area contributed by atoms with Crippen molar-refractivity contribution in [3.63, 3.8) is 0 Å². The number of nitrogens with zero attached hydrogens (tertiary/aromatic N) is 5. The van der Waals surface area contributed by atoms with Gasteiger partial charge in [0.05, 0.1) is 23.0 Å². The van der Waals surface area contributed by atoms with Crippen molar-refractivity contribution in [3.05, 3.63) is 64.7 Å². The van der Waals surface area contributed by atoms with Gasteiger partial charge >= 0.3 is 6.18 Å². The van der Waals surface area contributed by atoms with Crippen molar-refractivity contribution >= 4 is 5.91 Å². The third-order valence-corrected chi connectivity index (χ3v) is 4.76. The zero-order valence-corrected chi connectivity index (χ0v) is 16.5. The van der Waals surface area contributed by atoms with Crippen LogP contribution in [0.1, 0.15) is 35.1 Å². The SMILES string of the molecule is O=C(NC1CCCn2c1nc(-c1ccncn1)cc2=O)c1ccc(OCC(F)(F)F)nc1. The van der Waals surface area contributed by atoms with Crippen LogP contribution in [0, 0.1) is 0 Å². The predicted molar refractivity (Wildman–Crippen MR) is 105 cm³/mol. The van der Waals surface area contributed by atoms with Gasteiger partial charge in [0.25, 0.3) is 11.5 Å². The first kappa shape index (κ1) is 21.4. The maximum atomic E-state index is 12.7. The number of pyridine rings is 1. The molecule has 0 aliphatic carbocycles. The Kier molecular flexibility index (Phi) is 5.84. The van der Waals surface area contributed by atoms with Gasteiger partial charge in [-0.1, -0.05) is 0 Å². The molecule has 0 radical (unpaired) electrons. The maximum absolute atomic E-state index is 12.7. The molecule has 1 atom stereocenters. The largest absolute Gasteiger partial charge is 0.468 e. The molecule has 0 aromatic carbocycles. The molecular formula is C20H17F3N6O3. The van der Waals surface area contributed by atoms with Crippen molar-refractivity contribution in [2.24, 2.45) is 0 Å². The summed E-state index contributed by atoms with van der Waals surface area (Å²) < 4.78 is 42.8. The highest BCUT2D eigenvalue weighted by molar-refractivity contribution is 5.94. The number of halogens is 3. The van der Waals surface area contributed by atoms with Gasteiger partial charge in [0.1, 0.15) is 12.2 Å². The summed E-state index contributed by atoms with van der Waals surface area (Å²) in [6, 6.07) is 4.98. The second-order valence-electron chi connectivity index (χ2n) is 7.04. The smallest absolute Gasteiger partial charge is 0.422 e. The van der Waals surface area contributed by atoms with E-state index in [9.17, 15) is 22.8 Å². The predicted octanol–water partition coefficient (Wildman–Crippen LogP) is 2.30. The number of fused-ring (bicyclic) bond motifs is 1. The first-order chi connectivity index (χ1) is 15.3. The molecular weight excluding hydrogens is 429 g/mol. The number of alkyl halides is 3. The van der Waals surface area contributed by atoms with Gasteiger partial charge in [-0.05, 0) is 25.0 Å². The van der Waals surface area contributed by atoms with Crippen LogP contribution in [-0.2, 0) is 6.54 Å². The molecule has 3 aromatic rings. The number of amides is 1. The molecule has 12 heteroatoms. The third-order valence-electron chi connectivity index (χ3n) is 4.76. The fourth-order valence-electron chi connectivity index (χ4n) is 3.30. The lowest BCUT2D eigenvalue weighted by Gasteiger charge is -2.26. The molecule has 4 rings (SSSR count). The Balaban J connectivity index is 1.53. The van der Waals surface area contributed by atoms with Gasteiger partial charge in [0.2, 0.25) is 5.88 Å². The van der Waals surface area contributed by atoms with E-state index < -0.39 is 24.7 Å². The molecule has 0 spiro atoms. The van der Waals surface area contributed by atoms with Crippen LogP contribution in [0.4, 0.5) is 13.2 Å². The van der Waals surface area contributed by atoms with E-state index in [0.717, 1.165) is 6.20 Å². The van der Waals surface area contributed by atoms with Crippen LogP contribution in [-0.4, -0.2) is 43.2 Å². The zero-order chi connectivity index (χ0) is 22.7. The topological polar surface area (TPSA) is 112 Å². The molecule has 1 N–H and O–H groups in total. The van der Waals surface area contributed by atoms with Gasteiger partial charge in [0, 0.05) is 31.1 Å². The maximum Gasteiger partial charge on any atom is 0.422 e. The first-order valence-electron chi connectivity index (χ1n) is 9.65. The van der Waals surface area contributed by atoms with Crippen molar-refractivity contribution in [3.8, 4) is 17.3 Å². The number of hydrogen-bond acceptors (Lipinski definition) is 7. The normalized spacial score (nSPS) is 15.7. The Bertz CT molecular complexity index is 1170. The van der Waals surface area contributed by atoms with Crippen LogP contribution in [0.5, 0.6) is 5.88 Å². The average molecular weight is 446 g/mol. The summed E-state index contributed by atoms with van der Waals surface area (Å²) in [5, 5.41) is 2.82. The molecule has 4 heterocycles. The highest BCUT2D eigenvalue weighted by atomic mass is 19.4. The highest BCUT2D eigenvalue weighted by Crippen LogP contribution is 2.24. The van der Waals surface area contributed by atoms with Gasteiger partial charge < -0.3 is 10.1 Å². The fraction of sp³-hybridized carbons (Fsp3) is 0.300. The lowest BCUT2D eigenvalue weighted by Crippen LogP contribution is -2.38. The summed E-state index contributed by atoms with van der Waals surface area (Å²) in [5.74, 6) is -0.339. The monoisotopic (exact) mass is 446 g/mol. The molecule has 0 fully saturated rings. The Morgan fingerprint density at radius 2 is 2.06 bits per heavy atom. The zero-order valence-electron chi connectivity index (χ0n) is 16.5. The molecule has 1 aliphatic rings. The van der Waals surface area contributed by atoms with E-state index in [2.05, 4.69) is 30.0 Å². The van der Waals surface area contributed by atoms with Gasteiger partial charge in [-0.25, -0.2) is 19.9 Å². The number of rotatable bonds is 5. The van der Waals surface area contributed by atoms with E-state index in [1.54, 1.807) is 6.07 Å². The molecule has 166 valence electrons. The Morgan fingerprint density at radius 3 is 2.75 bits per heavy atom. The highest BCUT2D eigenvalue weighted by Gasteiger charge is 2.29. The van der Waals surface area contributed by atoms with Crippen molar-refractivity contribution in [1.29, 1.82) is 0 Å². The number of hydrogen-bond donors (Lipinski definition) is 1.